The molecule has 128 valence electrons. The van der Waals surface area contributed by atoms with Gasteiger partial charge < -0.3 is 15.5 Å². The van der Waals surface area contributed by atoms with Crippen LogP contribution >= 0.6 is 0 Å². The van der Waals surface area contributed by atoms with Crippen LogP contribution in [-0.2, 0) is 0 Å². The molecule has 0 saturated heterocycles. The third kappa shape index (κ3) is 4.31. The van der Waals surface area contributed by atoms with Gasteiger partial charge in [-0.05, 0) is 64.8 Å². The third-order valence-corrected chi connectivity index (χ3v) is 4.27. The lowest BCUT2D eigenvalue weighted by atomic mass is 10.0. The number of hydrogen-bond acceptors (Lipinski definition) is 3. The molecule has 0 amide bonds. The average molecular weight is 323 g/mol. The lowest BCUT2D eigenvalue weighted by Crippen LogP contribution is -2.32. The van der Waals surface area contributed by atoms with Gasteiger partial charge in [0.25, 0.3) is 0 Å². The van der Waals surface area contributed by atoms with Crippen LogP contribution in [0.25, 0.3) is 0 Å². The summed E-state index contributed by atoms with van der Waals surface area (Å²) in [5.41, 5.74) is 8.87. The van der Waals surface area contributed by atoms with Crippen molar-refractivity contribution in [1.82, 2.24) is 10.6 Å². The number of benzene rings is 1. The van der Waals surface area contributed by atoms with Crippen LogP contribution in [0, 0.1) is 20.8 Å². The second-order valence-electron chi connectivity index (χ2n) is 6.59. The summed E-state index contributed by atoms with van der Waals surface area (Å²) in [4.78, 5) is 2.36. The van der Waals surface area contributed by atoms with Crippen molar-refractivity contribution in [3.8, 4) is 0 Å². The minimum Gasteiger partial charge on any atom is -0.372 e. The first-order valence-corrected chi connectivity index (χ1v) is 8.43. The van der Waals surface area contributed by atoms with Gasteiger partial charge in [0, 0.05) is 23.8 Å². The zero-order valence-electron chi connectivity index (χ0n) is 15.7. The summed E-state index contributed by atoms with van der Waals surface area (Å²) in [6, 6.07) is 4.50. The molecule has 0 spiro atoms. The maximum absolute atomic E-state index is 3.44. The Bertz CT molecular complexity index is 694. The summed E-state index contributed by atoms with van der Waals surface area (Å²) in [6.45, 7) is 13.8. The van der Waals surface area contributed by atoms with E-state index in [2.05, 4.69) is 69.2 Å². The SMILES string of the molecule is CC(C)=C(C)N(CN/C=C1/C=CC=CN1)c1c(C)cc(C)cc1C. The quantitative estimate of drug-likeness (QED) is 0.763. The molecule has 0 bridgehead atoms. The van der Waals surface area contributed by atoms with E-state index in [-0.39, 0.29) is 0 Å². The first-order chi connectivity index (χ1) is 11.4. The fraction of sp³-hybridized carbons (Fsp3) is 0.333. The van der Waals surface area contributed by atoms with E-state index in [1.807, 2.05) is 30.6 Å². The number of aryl methyl sites for hydroxylation is 3. The Morgan fingerprint density at radius 1 is 1.08 bits per heavy atom. The fourth-order valence-corrected chi connectivity index (χ4v) is 2.98. The second kappa shape index (κ2) is 7.91. The zero-order valence-corrected chi connectivity index (χ0v) is 15.7. The van der Waals surface area contributed by atoms with Gasteiger partial charge in [-0.2, -0.15) is 0 Å². The van der Waals surface area contributed by atoms with Crippen molar-refractivity contribution in [2.75, 3.05) is 11.6 Å². The fourth-order valence-electron chi connectivity index (χ4n) is 2.98. The van der Waals surface area contributed by atoms with E-state index >= 15 is 0 Å². The molecule has 1 aromatic rings. The van der Waals surface area contributed by atoms with Crippen LogP contribution in [0.5, 0.6) is 0 Å². The summed E-state index contributed by atoms with van der Waals surface area (Å²) < 4.78 is 0. The number of nitrogens with one attached hydrogen (secondary N) is 2. The maximum Gasteiger partial charge on any atom is 0.0918 e. The Kier molecular flexibility index (Phi) is 5.91. The Hall–Kier alpha value is -2.42. The standard InChI is InChI=1S/C21H29N3/c1-15(2)19(6)24(14-22-13-20-9-7-8-10-23-20)21-17(4)11-16(3)12-18(21)5/h7-13,22-23H,14H2,1-6H3/b20-13-. The predicted molar refractivity (Wildman–Crippen MR) is 105 cm³/mol. The number of dihydropyridines is 1. The minimum absolute atomic E-state index is 0.727. The normalized spacial score (nSPS) is 14.5. The highest BCUT2D eigenvalue weighted by Crippen LogP contribution is 2.29. The van der Waals surface area contributed by atoms with E-state index in [1.54, 1.807) is 0 Å². The van der Waals surface area contributed by atoms with Crippen molar-refractivity contribution in [3.05, 3.63) is 76.4 Å². The number of hydrogen-bond donors (Lipinski definition) is 2. The van der Waals surface area contributed by atoms with Crippen LogP contribution < -0.4 is 15.5 Å². The van der Waals surface area contributed by atoms with Crippen molar-refractivity contribution >= 4 is 5.69 Å². The molecule has 1 aliphatic heterocycles. The molecule has 2 N–H and O–H groups in total. The van der Waals surface area contributed by atoms with E-state index < -0.39 is 0 Å². The Morgan fingerprint density at radius 3 is 2.29 bits per heavy atom. The molecule has 1 aliphatic rings. The molecule has 0 fully saturated rings. The number of rotatable bonds is 5. The summed E-state index contributed by atoms with van der Waals surface area (Å²) in [5.74, 6) is 0. The van der Waals surface area contributed by atoms with Gasteiger partial charge in [-0.25, -0.2) is 0 Å². The lowest BCUT2D eigenvalue weighted by Gasteiger charge is -2.30. The highest BCUT2D eigenvalue weighted by molar-refractivity contribution is 5.63. The summed E-state index contributed by atoms with van der Waals surface area (Å²) in [5, 5.41) is 6.66. The van der Waals surface area contributed by atoms with Gasteiger partial charge in [-0.1, -0.05) is 29.3 Å². The molecule has 1 aromatic carbocycles. The number of anilines is 1. The monoisotopic (exact) mass is 323 g/mol. The average Bonchev–Trinajstić information content (AvgIpc) is 2.52. The highest BCUT2D eigenvalue weighted by Gasteiger charge is 2.14. The predicted octanol–water partition coefficient (Wildman–Crippen LogP) is 4.79. The molecule has 1 heterocycles. The molecule has 0 aliphatic carbocycles. The smallest absolute Gasteiger partial charge is 0.0918 e. The van der Waals surface area contributed by atoms with E-state index in [1.165, 1.54) is 33.6 Å². The van der Waals surface area contributed by atoms with Crippen molar-refractivity contribution in [2.24, 2.45) is 0 Å². The van der Waals surface area contributed by atoms with Crippen molar-refractivity contribution in [3.63, 3.8) is 0 Å². The summed E-state index contributed by atoms with van der Waals surface area (Å²) >= 11 is 0. The molecule has 0 atom stereocenters. The van der Waals surface area contributed by atoms with Gasteiger partial charge in [0.1, 0.15) is 0 Å². The molecular formula is C21H29N3. The number of nitrogens with zero attached hydrogens (tertiary/aromatic N) is 1. The van der Waals surface area contributed by atoms with Crippen LogP contribution in [0.4, 0.5) is 5.69 Å². The zero-order chi connectivity index (χ0) is 17.7. The van der Waals surface area contributed by atoms with E-state index in [4.69, 9.17) is 0 Å². The molecule has 3 nitrogen and oxygen atoms in total. The summed E-state index contributed by atoms with van der Waals surface area (Å²) in [7, 11) is 0. The van der Waals surface area contributed by atoms with Gasteiger partial charge in [0.15, 0.2) is 0 Å². The third-order valence-electron chi connectivity index (χ3n) is 4.27. The van der Waals surface area contributed by atoms with Gasteiger partial charge in [0.2, 0.25) is 0 Å². The van der Waals surface area contributed by atoms with Crippen molar-refractivity contribution < 1.29 is 0 Å². The molecule has 0 saturated carbocycles. The largest absolute Gasteiger partial charge is 0.372 e. The van der Waals surface area contributed by atoms with Gasteiger partial charge in [-0.3, -0.25) is 0 Å². The summed E-state index contributed by atoms with van der Waals surface area (Å²) in [6.07, 6.45) is 10.0. The van der Waals surface area contributed by atoms with Gasteiger partial charge in [-0.15, -0.1) is 0 Å². The van der Waals surface area contributed by atoms with Crippen LogP contribution in [-0.4, -0.2) is 6.67 Å². The van der Waals surface area contributed by atoms with Gasteiger partial charge in [0.05, 0.1) is 12.4 Å². The minimum atomic E-state index is 0.727. The van der Waals surface area contributed by atoms with Crippen LogP contribution in [0.15, 0.2) is 59.7 Å². The Morgan fingerprint density at radius 2 is 1.75 bits per heavy atom. The van der Waals surface area contributed by atoms with Crippen molar-refractivity contribution in [1.29, 1.82) is 0 Å². The van der Waals surface area contributed by atoms with Crippen LogP contribution in [0.3, 0.4) is 0 Å². The van der Waals surface area contributed by atoms with E-state index in [0.717, 1.165) is 12.4 Å². The first kappa shape index (κ1) is 17.9. The Labute approximate surface area is 146 Å². The second-order valence-corrected chi connectivity index (χ2v) is 6.59. The highest BCUT2D eigenvalue weighted by atomic mass is 15.2. The van der Waals surface area contributed by atoms with Crippen molar-refractivity contribution in [2.45, 2.75) is 41.5 Å². The molecule has 0 radical (unpaired) electrons. The molecule has 24 heavy (non-hydrogen) atoms. The molecule has 0 unspecified atom stereocenters. The lowest BCUT2D eigenvalue weighted by molar-refractivity contribution is 0.789. The first-order valence-electron chi connectivity index (χ1n) is 8.43. The van der Waals surface area contributed by atoms with Crippen LogP contribution in [0.1, 0.15) is 37.5 Å². The van der Waals surface area contributed by atoms with Gasteiger partial charge >= 0.3 is 0 Å². The maximum atomic E-state index is 3.44. The molecule has 2 rings (SSSR count). The molecule has 3 heteroatoms. The van der Waals surface area contributed by atoms with E-state index in [0.29, 0.717) is 0 Å². The van der Waals surface area contributed by atoms with Crippen LogP contribution in [0.2, 0.25) is 0 Å². The Balaban J connectivity index is 2.28. The molecule has 0 aromatic heterocycles. The number of allylic oxidation sites excluding steroid dienone is 5. The topological polar surface area (TPSA) is 27.3 Å². The van der Waals surface area contributed by atoms with E-state index in [9.17, 15) is 0 Å². The molecular weight excluding hydrogens is 294 g/mol.